The molecule has 2 aromatic rings. The third-order valence-electron chi connectivity index (χ3n) is 4.06. The third kappa shape index (κ3) is 4.90. The molecule has 0 aliphatic carbocycles. The standard InChI is InChI=1S/C20H23NO4/c1-14-9-7-8-12-16(14)13-17(20(23)25-3)21-19(22)18(24-2)15-10-5-4-6-11-15/h4-12,17-18H,13H2,1-3H3,(H,21,22)/t17-,18-/m0/s1. The number of carbonyl (C=O) groups is 2. The van der Waals surface area contributed by atoms with Crippen molar-refractivity contribution in [3.05, 3.63) is 71.3 Å². The zero-order valence-corrected chi connectivity index (χ0v) is 14.7. The lowest BCUT2D eigenvalue weighted by Crippen LogP contribution is -2.45. The van der Waals surface area contributed by atoms with Gasteiger partial charge >= 0.3 is 5.97 Å². The fraction of sp³-hybridized carbons (Fsp3) is 0.300. The number of rotatable bonds is 7. The quantitative estimate of drug-likeness (QED) is 0.786. The molecule has 0 saturated carbocycles. The highest BCUT2D eigenvalue weighted by atomic mass is 16.5. The first kappa shape index (κ1) is 18.7. The molecule has 0 bridgehead atoms. The van der Waals surface area contributed by atoms with Crippen LogP contribution in [-0.2, 0) is 25.5 Å². The maximum atomic E-state index is 12.6. The van der Waals surface area contributed by atoms with E-state index in [-0.39, 0.29) is 5.91 Å². The highest BCUT2D eigenvalue weighted by molar-refractivity contribution is 5.87. The molecular weight excluding hydrogens is 318 g/mol. The Hall–Kier alpha value is -2.66. The van der Waals surface area contributed by atoms with Gasteiger partial charge in [-0.2, -0.15) is 0 Å². The van der Waals surface area contributed by atoms with Gasteiger partial charge in [-0.3, -0.25) is 4.79 Å². The van der Waals surface area contributed by atoms with Crippen LogP contribution in [0.1, 0.15) is 22.8 Å². The van der Waals surface area contributed by atoms with Gasteiger partial charge in [0.05, 0.1) is 7.11 Å². The van der Waals surface area contributed by atoms with E-state index in [1.165, 1.54) is 14.2 Å². The normalized spacial score (nSPS) is 12.9. The number of carbonyl (C=O) groups excluding carboxylic acids is 2. The Labute approximate surface area is 148 Å². The molecular formula is C20H23NO4. The van der Waals surface area contributed by atoms with Gasteiger partial charge in [-0.25, -0.2) is 4.79 Å². The van der Waals surface area contributed by atoms with Crippen LogP contribution in [0.2, 0.25) is 0 Å². The van der Waals surface area contributed by atoms with Crippen LogP contribution in [0.4, 0.5) is 0 Å². The van der Waals surface area contributed by atoms with Crippen molar-refractivity contribution in [3.8, 4) is 0 Å². The number of amides is 1. The SMILES string of the molecule is COC(=O)[C@H](Cc1ccccc1C)NC(=O)[C@@H](OC)c1ccccc1. The zero-order valence-electron chi connectivity index (χ0n) is 14.7. The van der Waals surface area contributed by atoms with E-state index in [1.807, 2.05) is 61.5 Å². The Morgan fingerprint density at radius 1 is 1.00 bits per heavy atom. The summed E-state index contributed by atoms with van der Waals surface area (Å²) in [4.78, 5) is 24.8. The minimum atomic E-state index is -0.787. The van der Waals surface area contributed by atoms with Gasteiger partial charge < -0.3 is 14.8 Å². The molecule has 0 saturated heterocycles. The number of nitrogens with one attached hydrogen (secondary N) is 1. The summed E-state index contributed by atoms with van der Waals surface area (Å²) in [5.41, 5.74) is 2.76. The molecule has 0 spiro atoms. The van der Waals surface area contributed by atoms with Crippen molar-refractivity contribution in [2.75, 3.05) is 14.2 Å². The van der Waals surface area contributed by atoms with Gasteiger partial charge in [-0.15, -0.1) is 0 Å². The molecule has 5 nitrogen and oxygen atoms in total. The van der Waals surface area contributed by atoms with E-state index in [0.717, 1.165) is 16.7 Å². The lowest BCUT2D eigenvalue weighted by molar-refractivity contribution is -0.146. The summed E-state index contributed by atoms with van der Waals surface area (Å²) in [6.07, 6.45) is -0.429. The van der Waals surface area contributed by atoms with E-state index in [1.54, 1.807) is 0 Å². The van der Waals surface area contributed by atoms with Crippen LogP contribution in [0.25, 0.3) is 0 Å². The van der Waals surface area contributed by atoms with Gasteiger partial charge in [-0.1, -0.05) is 54.6 Å². The molecule has 0 fully saturated rings. The van der Waals surface area contributed by atoms with E-state index < -0.39 is 18.1 Å². The van der Waals surface area contributed by atoms with Crippen LogP contribution in [0, 0.1) is 6.92 Å². The van der Waals surface area contributed by atoms with Gasteiger partial charge in [0, 0.05) is 13.5 Å². The fourth-order valence-corrected chi connectivity index (χ4v) is 2.66. The Morgan fingerprint density at radius 2 is 1.64 bits per heavy atom. The molecule has 0 aliphatic heterocycles. The van der Waals surface area contributed by atoms with Crippen LogP contribution >= 0.6 is 0 Å². The molecule has 5 heteroatoms. The average molecular weight is 341 g/mol. The number of esters is 1. The Balaban J connectivity index is 2.17. The smallest absolute Gasteiger partial charge is 0.328 e. The molecule has 2 aromatic carbocycles. The van der Waals surface area contributed by atoms with Crippen LogP contribution in [0.5, 0.6) is 0 Å². The summed E-state index contributed by atoms with van der Waals surface area (Å²) >= 11 is 0. The maximum absolute atomic E-state index is 12.6. The fourth-order valence-electron chi connectivity index (χ4n) is 2.66. The van der Waals surface area contributed by atoms with Gasteiger partial charge in [0.15, 0.2) is 6.10 Å². The van der Waals surface area contributed by atoms with E-state index >= 15 is 0 Å². The number of aryl methyl sites for hydroxylation is 1. The molecule has 2 rings (SSSR count). The predicted octanol–water partition coefficient (Wildman–Crippen LogP) is 2.58. The van der Waals surface area contributed by atoms with Crippen LogP contribution in [0.3, 0.4) is 0 Å². The highest BCUT2D eigenvalue weighted by Crippen LogP contribution is 2.17. The summed E-state index contributed by atoms with van der Waals surface area (Å²) in [5, 5.41) is 2.75. The Kier molecular flexibility index (Phi) is 6.71. The van der Waals surface area contributed by atoms with Crippen molar-refractivity contribution in [1.29, 1.82) is 0 Å². The lowest BCUT2D eigenvalue weighted by Gasteiger charge is -2.21. The second-order valence-corrected chi connectivity index (χ2v) is 5.74. The van der Waals surface area contributed by atoms with E-state index in [4.69, 9.17) is 9.47 Å². The van der Waals surface area contributed by atoms with Gasteiger partial charge in [-0.05, 0) is 23.6 Å². The van der Waals surface area contributed by atoms with Crippen LogP contribution in [0.15, 0.2) is 54.6 Å². The number of ether oxygens (including phenoxy) is 2. The average Bonchev–Trinajstić information content (AvgIpc) is 2.63. The van der Waals surface area contributed by atoms with Crippen molar-refractivity contribution in [2.45, 2.75) is 25.5 Å². The van der Waals surface area contributed by atoms with Crippen molar-refractivity contribution in [1.82, 2.24) is 5.32 Å². The summed E-state index contributed by atoms with van der Waals surface area (Å²) < 4.78 is 10.2. The molecule has 0 unspecified atom stereocenters. The second-order valence-electron chi connectivity index (χ2n) is 5.74. The van der Waals surface area contributed by atoms with E-state index in [9.17, 15) is 9.59 Å². The summed E-state index contributed by atoms with van der Waals surface area (Å²) in [6, 6.07) is 16.1. The number of benzene rings is 2. The Bertz CT molecular complexity index is 715. The molecule has 0 aromatic heterocycles. The summed E-state index contributed by atoms with van der Waals surface area (Å²) in [5.74, 6) is -0.864. The zero-order chi connectivity index (χ0) is 18.2. The third-order valence-corrected chi connectivity index (χ3v) is 4.06. The van der Waals surface area contributed by atoms with Crippen LogP contribution < -0.4 is 5.32 Å². The molecule has 132 valence electrons. The van der Waals surface area contributed by atoms with Crippen LogP contribution in [-0.4, -0.2) is 32.1 Å². The second kappa shape index (κ2) is 8.99. The van der Waals surface area contributed by atoms with Gasteiger partial charge in [0.25, 0.3) is 5.91 Å². The summed E-state index contributed by atoms with van der Waals surface area (Å²) in [6.45, 7) is 1.97. The molecule has 2 atom stereocenters. The molecule has 0 aliphatic rings. The maximum Gasteiger partial charge on any atom is 0.328 e. The first-order valence-corrected chi connectivity index (χ1v) is 8.07. The molecule has 1 N–H and O–H groups in total. The molecule has 25 heavy (non-hydrogen) atoms. The van der Waals surface area contributed by atoms with Gasteiger partial charge in [0.2, 0.25) is 0 Å². The largest absolute Gasteiger partial charge is 0.467 e. The highest BCUT2D eigenvalue weighted by Gasteiger charge is 2.27. The predicted molar refractivity (Wildman–Crippen MR) is 95.0 cm³/mol. The minimum Gasteiger partial charge on any atom is -0.467 e. The molecule has 1 amide bonds. The van der Waals surface area contributed by atoms with Crippen molar-refractivity contribution >= 4 is 11.9 Å². The first-order chi connectivity index (χ1) is 12.1. The van der Waals surface area contributed by atoms with E-state index in [0.29, 0.717) is 6.42 Å². The number of hydrogen-bond acceptors (Lipinski definition) is 4. The van der Waals surface area contributed by atoms with Crippen molar-refractivity contribution in [3.63, 3.8) is 0 Å². The minimum absolute atomic E-state index is 0.357. The lowest BCUT2D eigenvalue weighted by atomic mass is 10.0. The van der Waals surface area contributed by atoms with Crippen molar-refractivity contribution < 1.29 is 19.1 Å². The van der Waals surface area contributed by atoms with E-state index in [2.05, 4.69) is 5.32 Å². The monoisotopic (exact) mass is 341 g/mol. The number of methoxy groups -OCH3 is 2. The van der Waals surface area contributed by atoms with Crippen molar-refractivity contribution in [2.24, 2.45) is 0 Å². The summed E-state index contributed by atoms with van der Waals surface area (Å²) in [7, 11) is 2.77. The Morgan fingerprint density at radius 3 is 2.24 bits per heavy atom. The topological polar surface area (TPSA) is 64.6 Å². The number of hydrogen-bond donors (Lipinski definition) is 1. The first-order valence-electron chi connectivity index (χ1n) is 8.07. The van der Waals surface area contributed by atoms with Gasteiger partial charge in [0.1, 0.15) is 6.04 Å². The molecule has 0 radical (unpaired) electrons. The molecule has 0 heterocycles.